The van der Waals surface area contributed by atoms with E-state index in [0.717, 1.165) is 24.8 Å². The Morgan fingerprint density at radius 1 is 1.48 bits per heavy atom. The molecule has 2 amide bonds. The van der Waals surface area contributed by atoms with E-state index in [1.807, 2.05) is 11.4 Å². The van der Waals surface area contributed by atoms with Crippen molar-refractivity contribution in [1.82, 2.24) is 5.32 Å². The van der Waals surface area contributed by atoms with Crippen LogP contribution in [-0.4, -0.2) is 28.9 Å². The van der Waals surface area contributed by atoms with Gasteiger partial charge in [0.25, 0.3) is 0 Å². The highest BCUT2D eigenvalue weighted by Crippen LogP contribution is 2.35. The summed E-state index contributed by atoms with van der Waals surface area (Å²) in [6.45, 7) is 0. The molecule has 0 aromatic carbocycles. The SMILES string of the molecule is NC(=O)CC[C@H](NC(=O)C1CCCc2sccc21)C(=O)O. The van der Waals surface area contributed by atoms with Crippen LogP contribution in [0.3, 0.4) is 0 Å². The van der Waals surface area contributed by atoms with Gasteiger partial charge in [0.05, 0.1) is 5.92 Å². The smallest absolute Gasteiger partial charge is 0.326 e. The number of nitrogens with two attached hydrogens (primary N) is 1. The molecule has 0 fully saturated rings. The second kappa shape index (κ2) is 6.71. The zero-order valence-corrected chi connectivity index (χ0v) is 12.3. The van der Waals surface area contributed by atoms with Crippen molar-refractivity contribution >= 4 is 29.1 Å². The van der Waals surface area contributed by atoms with Crippen LogP contribution in [0.1, 0.15) is 42.0 Å². The van der Waals surface area contributed by atoms with Crippen LogP contribution < -0.4 is 11.1 Å². The van der Waals surface area contributed by atoms with E-state index in [1.54, 1.807) is 11.3 Å². The van der Waals surface area contributed by atoms with E-state index in [0.29, 0.717) is 0 Å². The molecule has 1 heterocycles. The summed E-state index contributed by atoms with van der Waals surface area (Å²) in [5.74, 6) is -2.30. The second-order valence-electron chi connectivity index (χ2n) is 5.15. The molecule has 0 saturated carbocycles. The molecule has 0 bridgehead atoms. The summed E-state index contributed by atoms with van der Waals surface area (Å²) in [5.41, 5.74) is 6.02. The molecule has 2 rings (SSSR count). The molecule has 6 nitrogen and oxygen atoms in total. The first-order valence-corrected chi connectivity index (χ1v) is 7.74. The lowest BCUT2D eigenvalue weighted by Gasteiger charge is -2.23. The van der Waals surface area contributed by atoms with Gasteiger partial charge < -0.3 is 16.2 Å². The number of fused-ring (bicyclic) bond motifs is 1. The van der Waals surface area contributed by atoms with Crippen LogP contribution in [0.25, 0.3) is 0 Å². The van der Waals surface area contributed by atoms with E-state index in [2.05, 4.69) is 5.32 Å². The monoisotopic (exact) mass is 310 g/mol. The van der Waals surface area contributed by atoms with Crippen LogP contribution in [-0.2, 0) is 20.8 Å². The van der Waals surface area contributed by atoms with Crippen molar-refractivity contribution in [2.24, 2.45) is 5.73 Å². The largest absolute Gasteiger partial charge is 0.480 e. The number of primary amides is 1. The van der Waals surface area contributed by atoms with Gasteiger partial charge in [-0.3, -0.25) is 9.59 Å². The first-order valence-electron chi connectivity index (χ1n) is 6.86. The molecule has 0 aliphatic heterocycles. The number of carboxylic acid groups (broad SMARTS) is 1. The van der Waals surface area contributed by atoms with Gasteiger partial charge in [-0.15, -0.1) is 11.3 Å². The Morgan fingerprint density at radius 3 is 2.90 bits per heavy atom. The first-order chi connectivity index (χ1) is 9.99. The summed E-state index contributed by atoms with van der Waals surface area (Å²) < 4.78 is 0. The number of aliphatic carboxylic acids is 1. The topological polar surface area (TPSA) is 109 Å². The van der Waals surface area contributed by atoms with Crippen molar-refractivity contribution in [3.8, 4) is 0 Å². The Bertz CT molecular complexity index is 555. The quantitative estimate of drug-likeness (QED) is 0.728. The number of carbonyl (C=O) groups is 3. The third-order valence-corrected chi connectivity index (χ3v) is 4.66. The highest BCUT2D eigenvalue weighted by atomic mass is 32.1. The fourth-order valence-electron chi connectivity index (χ4n) is 2.58. The summed E-state index contributed by atoms with van der Waals surface area (Å²) in [4.78, 5) is 35.5. The maximum absolute atomic E-state index is 12.3. The molecule has 0 saturated heterocycles. The predicted molar refractivity (Wildman–Crippen MR) is 78.0 cm³/mol. The lowest BCUT2D eigenvalue weighted by Crippen LogP contribution is -2.44. The van der Waals surface area contributed by atoms with E-state index in [1.165, 1.54) is 4.88 Å². The molecule has 1 aromatic heterocycles. The van der Waals surface area contributed by atoms with Crippen molar-refractivity contribution in [3.05, 3.63) is 21.9 Å². The zero-order valence-electron chi connectivity index (χ0n) is 11.5. The van der Waals surface area contributed by atoms with E-state index < -0.39 is 17.9 Å². The number of carboxylic acids is 1. The van der Waals surface area contributed by atoms with Crippen molar-refractivity contribution in [2.45, 2.75) is 44.1 Å². The number of aryl methyl sites for hydroxylation is 1. The average molecular weight is 310 g/mol. The fourth-order valence-corrected chi connectivity index (χ4v) is 3.56. The number of hydrogen-bond donors (Lipinski definition) is 3. The van der Waals surface area contributed by atoms with Gasteiger partial charge in [-0.05, 0) is 42.7 Å². The third kappa shape index (κ3) is 3.81. The Hall–Kier alpha value is -1.89. The van der Waals surface area contributed by atoms with Gasteiger partial charge in [-0.2, -0.15) is 0 Å². The maximum Gasteiger partial charge on any atom is 0.326 e. The summed E-state index contributed by atoms with van der Waals surface area (Å²) in [6, 6.07) is 0.858. The molecule has 1 aromatic rings. The molecule has 1 aliphatic rings. The van der Waals surface area contributed by atoms with Gasteiger partial charge in [0.2, 0.25) is 11.8 Å². The minimum Gasteiger partial charge on any atom is -0.480 e. The Balaban J connectivity index is 2.03. The zero-order chi connectivity index (χ0) is 15.4. The summed E-state index contributed by atoms with van der Waals surface area (Å²) in [7, 11) is 0. The highest BCUT2D eigenvalue weighted by Gasteiger charge is 2.30. The molecular weight excluding hydrogens is 292 g/mol. The minimum absolute atomic E-state index is 0.0135. The predicted octanol–water partition coefficient (Wildman–Crippen LogP) is 1.00. The Morgan fingerprint density at radius 2 is 2.24 bits per heavy atom. The molecule has 7 heteroatoms. The molecule has 1 aliphatic carbocycles. The molecule has 4 N–H and O–H groups in total. The molecular formula is C14H18N2O4S. The van der Waals surface area contributed by atoms with Crippen LogP contribution in [0.5, 0.6) is 0 Å². The van der Waals surface area contributed by atoms with Gasteiger partial charge in [0.15, 0.2) is 0 Å². The standard InChI is InChI=1S/C14H18N2O4S/c15-12(17)5-4-10(14(19)20)16-13(18)9-2-1-3-11-8(9)6-7-21-11/h6-7,9-10H,1-5H2,(H2,15,17)(H,16,18)(H,19,20)/t9?,10-/m0/s1. The number of carbonyl (C=O) groups excluding carboxylic acids is 2. The third-order valence-electron chi connectivity index (χ3n) is 3.66. The second-order valence-corrected chi connectivity index (χ2v) is 6.15. The van der Waals surface area contributed by atoms with Gasteiger partial charge in [-0.25, -0.2) is 4.79 Å². The molecule has 2 atom stereocenters. The van der Waals surface area contributed by atoms with E-state index in [4.69, 9.17) is 10.8 Å². The molecule has 1 unspecified atom stereocenters. The van der Waals surface area contributed by atoms with Crippen LogP contribution in [0.15, 0.2) is 11.4 Å². The number of rotatable bonds is 6. The average Bonchev–Trinajstić information content (AvgIpc) is 2.90. The Kier molecular flexibility index (Phi) is 4.95. The Labute approximate surface area is 126 Å². The lowest BCUT2D eigenvalue weighted by molar-refractivity contribution is -0.142. The molecule has 0 radical (unpaired) electrons. The van der Waals surface area contributed by atoms with E-state index >= 15 is 0 Å². The van der Waals surface area contributed by atoms with Crippen LogP contribution in [0, 0.1) is 0 Å². The van der Waals surface area contributed by atoms with Gasteiger partial charge >= 0.3 is 5.97 Å². The summed E-state index contributed by atoms with van der Waals surface area (Å²) in [5, 5.41) is 13.6. The van der Waals surface area contributed by atoms with E-state index in [9.17, 15) is 14.4 Å². The van der Waals surface area contributed by atoms with Gasteiger partial charge in [-0.1, -0.05) is 0 Å². The number of hydrogen-bond acceptors (Lipinski definition) is 4. The van der Waals surface area contributed by atoms with Crippen molar-refractivity contribution < 1.29 is 19.5 Å². The first kappa shape index (κ1) is 15.5. The number of nitrogens with one attached hydrogen (secondary N) is 1. The molecule has 114 valence electrons. The highest BCUT2D eigenvalue weighted by molar-refractivity contribution is 7.10. The van der Waals surface area contributed by atoms with Crippen molar-refractivity contribution in [3.63, 3.8) is 0 Å². The van der Waals surface area contributed by atoms with Crippen LogP contribution in [0.4, 0.5) is 0 Å². The van der Waals surface area contributed by atoms with E-state index in [-0.39, 0.29) is 24.7 Å². The molecule has 21 heavy (non-hydrogen) atoms. The molecule has 0 spiro atoms. The van der Waals surface area contributed by atoms with Crippen LogP contribution in [0.2, 0.25) is 0 Å². The fraction of sp³-hybridized carbons (Fsp3) is 0.500. The normalized spacial score (nSPS) is 18.6. The summed E-state index contributed by atoms with van der Waals surface area (Å²) >= 11 is 1.63. The lowest BCUT2D eigenvalue weighted by atomic mass is 9.87. The van der Waals surface area contributed by atoms with Gasteiger partial charge in [0.1, 0.15) is 6.04 Å². The number of amides is 2. The number of thiophene rings is 1. The van der Waals surface area contributed by atoms with Crippen molar-refractivity contribution in [2.75, 3.05) is 0 Å². The van der Waals surface area contributed by atoms with Crippen molar-refractivity contribution in [1.29, 1.82) is 0 Å². The maximum atomic E-state index is 12.3. The summed E-state index contributed by atoms with van der Waals surface area (Å²) in [6.07, 6.45) is 2.56. The minimum atomic E-state index is -1.15. The van der Waals surface area contributed by atoms with Crippen LogP contribution >= 0.6 is 11.3 Å². The van der Waals surface area contributed by atoms with Gasteiger partial charge in [0, 0.05) is 11.3 Å².